The van der Waals surface area contributed by atoms with Gasteiger partial charge in [-0.2, -0.15) is 0 Å². The predicted molar refractivity (Wildman–Crippen MR) is 165 cm³/mol. The molecule has 0 saturated heterocycles. The Hall–Kier alpha value is -2.72. The molecule has 3 rings (SSSR count). The van der Waals surface area contributed by atoms with Crippen molar-refractivity contribution in [3.8, 4) is 0 Å². The molecule has 0 aliphatic rings. The summed E-state index contributed by atoms with van der Waals surface area (Å²) in [7, 11) is 0. The van der Waals surface area contributed by atoms with Gasteiger partial charge in [-0.15, -0.1) is 0 Å². The maximum atomic E-state index is 13.2. The maximum absolute atomic E-state index is 13.2. The highest BCUT2D eigenvalue weighted by molar-refractivity contribution is 6.33. The fraction of sp³-hybridized carbons (Fsp3) is 0.438. The molecule has 3 N–H and O–H groups in total. The van der Waals surface area contributed by atoms with E-state index in [1.54, 1.807) is 6.07 Å². The van der Waals surface area contributed by atoms with Crippen LogP contribution in [0, 0.1) is 47.4 Å². The first-order valence-corrected chi connectivity index (χ1v) is 13.7. The summed E-state index contributed by atoms with van der Waals surface area (Å²) >= 11 is 6.05. The third-order valence-corrected chi connectivity index (χ3v) is 6.16. The van der Waals surface area contributed by atoms with E-state index in [0.717, 1.165) is 47.9 Å². The van der Waals surface area contributed by atoms with Gasteiger partial charge in [0.05, 0.1) is 16.4 Å². The molecule has 0 bridgehead atoms. The van der Waals surface area contributed by atoms with Gasteiger partial charge in [0.2, 0.25) is 0 Å². The summed E-state index contributed by atoms with van der Waals surface area (Å²) in [6.07, 6.45) is 1.10. The van der Waals surface area contributed by atoms with E-state index in [0.29, 0.717) is 5.69 Å². The second kappa shape index (κ2) is 16.2. The van der Waals surface area contributed by atoms with Gasteiger partial charge in [0.25, 0.3) is 0 Å². The first-order chi connectivity index (χ1) is 17.5. The maximum Gasteiger partial charge on any atom is 0.146 e. The van der Waals surface area contributed by atoms with Gasteiger partial charge in [-0.1, -0.05) is 48.4 Å². The molecule has 37 heavy (non-hydrogen) atoms. The standard InChI is InChI=1S/C12H19N.C10H14ClN.C10H14FN/c1-5-11-8-9(3)7-10(4)12(11)13-6-2;2*1-4-12-10-8(3)5-7(2)6-9(10)11/h7-8,13H,5-6H2,1-4H3;2*5-6,12H,4H2,1-3H3. The fourth-order valence-corrected chi connectivity index (χ4v) is 4.78. The molecule has 0 fully saturated rings. The Labute approximate surface area is 230 Å². The van der Waals surface area contributed by atoms with E-state index in [9.17, 15) is 4.39 Å². The van der Waals surface area contributed by atoms with Crippen molar-refractivity contribution in [1.82, 2.24) is 0 Å². The highest BCUT2D eigenvalue weighted by Crippen LogP contribution is 2.27. The van der Waals surface area contributed by atoms with Gasteiger partial charge in [-0.25, -0.2) is 4.39 Å². The molecule has 3 nitrogen and oxygen atoms in total. The minimum Gasteiger partial charge on any atom is -0.385 e. The number of aryl methyl sites for hydroxylation is 7. The van der Waals surface area contributed by atoms with Gasteiger partial charge < -0.3 is 16.0 Å². The normalized spacial score (nSPS) is 10.1. The first-order valence-electron chi connectivity index (χ1n) is 13.3. The third-order valence-electron chi connectivity index (χ3n) is 5.87. The van der Waals surface area contributed by atoms with Crippen LogP contribution in [0.25, 0.3) is 0 Å². The smallest absolute Gasteiger partial charge is 0.146 e. The zero-order chi connectivity index (χ0) is 28.1. The van der Waals surface area contributed by atoms with Crippen LogP contribution in [0.1, 0.15) is 66.6 Å². The van der Waals surface area contributed by atoms with Crippen LogP contribution in [0.2, 0.25) is 5.02 Å². The Balaban J connectivity index is 0.000000278. The minimum atomic E-state index is -0.158. The van der Waals surface area contributed by atoms with Crippen molar-refractivity contribution in [2.45, 2.75) is 75.7 Å². The number of rotatable bonds is 7. The number of hydrogen-bond donors (Lipinski definition) is 3. The Kier molecular flexibility index (Phi) is 14.1. The SMILES string of the molecule is CCNc1c(C)cc(C)cc1CC.CCNc1c(C)cc(C)cc1Cl.CCNc1c(C)cc(C)cc1F. The summed E-state index contributed by atoms with van der Waals surface area (Å²) in [4.78, 5) is 0. The summed E-state index contributed by atoms with van der Waals surface area (Å²) in [6.45, 7) is 23.3. The van der Waals surface area contributed by atoms with Gasteiger partial charge in [-0.05, 0) is 114 Å². The molecule has 0 spiro atoms. The summed E-state index contributed by atoms with van der Waals surface area (Å²) in [5.41, 5.74) is 11.5. The first kappa shape index (κ1) is 32.3. The van der Waals surface area contributed by atoms with Crippen molar-refractivity contribution >= 4 is 28.7 Å². The molecule has 0 amide bonds. The summed E-state index contributed by atoms with van der Waals surface area (Å²) in [5, 5.41) is 10.5. The van der Waals surface area contributed by atoms with Crippen molar-refractivity contribution in [1.29, 1.82) is 0 Å². The van der Waals surface area contributed by atoms with E-state index in [1.165, 1.54) is 33.5 Å². The molecule has 0 atom stereocenters. The predicted octanol–water partition coefficient (Wildman–Crippen LogP) is 9.56. The van der Waals surface area contributed by atoms with Crippen LogP contribution in [0.5, 0.6) is 0 Å². The van der Waals surface area contributed by atoms with E-state index >= 15 is 0 Å². The van der Waals surface area contributed by atoms with Gasteiger partial charge >= 0.3 is 0 Å². The molecule has 3 aromatic rings. The molecule has 0 aliphatic heterocycles. The molecular weight excluding hydrogens is 481 g/mol. The van der Waals surface area contributed by atoms with Gasteiger partial charge in [0.15, 0.2) is 0 Å². The van der Waals surface area contributed by atoms with E-state index in [2.05, 4.69) is 82.6 Å². The Morgan fingerprint density at radius 3 is 1.43 bits per heavy atom. The molecule has 0 saturated carbocycles. The molecule has 0 radical (unpaired) electrons. The number of hydrogen-bond acceptors (Lipinski definition) is 3. The van der Waals surface area contributed by atoms with Crippen molar-refractivity contribution < 1.29 is 4.39 Å². The molecule has 0 aliphatic carbocycles. The van der Waals surface area contributed by atoms with E-state index in [1.807, 2.05) is 32.9 Å². The topological polar surface area (TPSA) is 36.1 Å². The quantitative estimate of drug-likeness (QED) is 0.286. The summed E-state index contributed by atoms with van der Waals surface area (Å²) < 4.78 is 13.2. The van der Waals surface area contributed by atoms with Crippen molar-refractivity contribution in [2.24, 2.45) is 0 Å². The fourth-order valence-electron chi connectivity index (χ4n) is 4.40. The highest BCUT2D eigenvalue weighted by Gasteiger charge is 2.05. The second-order valence-electron chi connectivity index (χ2n) is 9.44. The summed E-state index contributed by atoms with van der Waals surface area (Å²) in [5.74, 6) is -0.158. The zero-order valence-electron chi connectivity index (χ0n) is 24.5. The third kappa shape index (κ3) is 10.3. The van der Waals surface area contributed by atoms with Crippen LogP contribution >= 0.6 is 11.6 Å². The lowest BCUT2D eigenvalue weighted by atomic mass is 10.0. The van der Waals surface area contributed by atoms with Crippen molar-refractivity contribution in [3.05, 3.63) is 86.2 Å². The average molecular weight is 528 g/mol. The van der Waals surface area contributed by atoms with E-state index < -0.39 is 0 Å². The van der Waals surface area contributed by atoms with Gasteiger partial charge in [0.1, 0.15) is 5.82 Å². The molecule has 0 aromatic heterocycles. The molecule has 5 heteroatoms. The van der Waals surface area contributed by atoms with Crippen LogP contribution in [-0.4, -0.2) is 19.6 Å². The molecular formula is C32H47ClFN3. The van der Waals surface area contributed by atoms with E-state index in [4.69, 9.17) is 11.6 Å². The number of benzene rings is 3. The van der Waals surface area contributed by atoms with Crippen molar-refractivity contribution in [2.75, 3.05) is 35.6 Å². The van der Waals surface area contributed by atoms with Crippen LogP contribution in [0.4, 0.5) is 21.5 Å². The number of halogens is 2. The Bertz CT molecular complexity index is 1040. The molecule has 0 heterocycles. The summed E-state index contributed by atoms with van der Waals surface area (Å²) in [6, 6.07) is 12.1. The van der Waals surface area contributed by atoms with Gasteiger partial charge in [0, 0.05) is 25.3 Å². The highest BCUT2D eigenvalue weighted by atomic mass is 35.5. The number of anilines is 3. The van der Waals surface area contributed by atoms with Crippen molar-refractivity contribution in [3.63, 3.8) is 0 Å². The largest absolute Gasteiger partial charge is 0.385 e. The lowest BCUT2D eigenvalue weighted by molar-refractivity contribution is 0.628. The average Bonchev–Trinajstić information content (AvgIpc) is 2.81. The molecule has 3 aromatic carbocycles. The van der Waals surface area contributed by atoms with Crippen LogP contribution < -0.4 is 16.0 Å². The van der Waals surface area contributed by atoms with Crippen LogP contribution in [0.3, 0.4) is 0 Å². The van der Waals surface area contributed by atoms with Gasteiger partial charge in [-0.3, -0.25) is 0 Å². The monoisotopic (exact) mass is 527 g/mol. The second-order valence-corrected chi connectivity index (χ2v) is 9.84. The molecule has 204 valence electrons. The Morgan fingerprint density at radius 2 is 0.973 bits per heavy atom. The lowest BCUT2D eigenvalue weighted by Gasteiger charge is -2.13. The number of nitrogens with one attached hydrogen (secondary N) is 3. The molecule has 0 unspecified atom stereocenters. The van der Waals surface area contributed by atoms with Crippen LogP contribution in [0.15, 0.2) is 36.4 Å². The zero-order valence-corrected chi connectivity index (χ0v) is 25.3. The lowest BCUT2D eigenvalue weighted by Crippen LogP contribution is -2.03. The van der Waals surface area contributed by atoms with E-state index in [-0.39, 0.29) is 5.82 Å². The Morgan fingerprint density at radius 1 is 0.568 bits per heavy atom. The van der Waals surface area contributed by atoms with Crippen LogP contribution in [-0.2, 0) is 6.42 Å². The minimum absolute atomic E-state index is 0.158.